The monoisotopic (exact) mass is 395 g/mol. The third-order valence-corrected chi connectivity index (χ3v) is 5.72. The van der Waals surface area contributed by atoms with Gasteiger partial charge in [-0.3, -0.25) is 14.5 Å². The largest absolute Gasteiger partial charge is 0.352 e. The van der Waals surface area contributed by atoms with Gasteiger partial charge in [-0.1, -0.05) is 36.4 Å². The molecule has 0 unspecified atom stereocenters. The average molecular weight is 395 g/mol. The number of aryl methyl sites for hydroxylation is 1. The Morgan fingerprint density at radius 2 is 1.75 bits per heavy atom. The zero-order chi connectivity index (χ0) is 20.0. The summed E-state index contributed by atoms with van der Waals surface area (Å²) in [7, 11) is -3.92. The van der Waals surface area contributed by atoms with Gasteiger partial charge in [-0.15, -0.1) is 0 Å². The molecule has 0 atom stereocenters. The van der Waals surface area contributed by atoms with E-state index in [2.05, 4.69) is 15.0 Å². The summed E-state index contributed by atoms with van der Waals surface area (Å²) in [4.78, 5) is 16.4. The number of carbonyl (C=O) groups is 1. The summed E-state index contributed by atoms with van der Waals surface area (Å²) < 4.78 is 27.9. The van der Waals surface area contributed by atoms with E-state index in [1.807, 2.05) is 31.2 Å². The normalized spacial score (nSPS) is 11.0. The van der Waals surface area contributed by atoms with Crippen LogP contribution in [0, 0.1) is 6.92 Å². The molecule has 1 amide bonds. The van der Waals surface area contributed by atoms with Crippen LogP contribution in [0.4, 0.5) is 5.69 Å². The third kappa shape index (κ3) is 4.75. The molecular formula is C21H21N3O3S. The van der Waals surface area contributed by atoms with Crippen LogP contribution in [-0.4, -0.2) is 25.9 Å². The molecule has 28 heavy (non-hydrogen) atoms. The maximum absolute atomic E-state index is 12.7. The van der Waals surface area contributed by atoms with Crippen LogP contribution in [0.1, 0.15) is 21.5 Å². The van der Waals surface area contributed by atoms with Gasteiger partial charge >= 0.3 is 0 Å². The van der Waals surface area contributed by atoms with E-state index in [1.54, 1.807) is 30.5 Å². The summed E-state index contributed by atoms with van der Waals surface area (Å²) in [6.07, 6.45) is 3.62. The van der Waals surface area contributed by atoms with Crippen LogP contribution in [0.5, 0.6) is 0 Å². The highest BCUT2D eigenvalue weighted by Crippen LogP contribution is 2.19. The molecule has 0 saturated heterocycles. The summed E-state index contributed by atoms with van der Waals surface area (Å²) in [5, 5.41) is 2.81. The van der Waals surface area contributed by atoms with Crippen molar-refractivity contribution in [3.05, 3.63) is 89.7 Å². The van der Waals surface area contributed by atoms with Crippen molar-refractivity contribution >= 4 is 21.6 Å². The molecule has 1 heterocycles. The van der Waals surface area contributed by atoms with E-state index in [9.17, 15) is 13.2 Å². The molecule has 0 spiro atoms. The van der Waals surface area contributed by atoms with Gasteiger partial charge in [0.2, 0.25) is 0 Å². The highest BCUT2D eigenvalue weighted by atomic mass is 32.2. The summed E-state index contributed by atoms with van der Waals surface area (Å²) in [6.45, 7) is 2.43. The maximum atomic E-state index is 12.7. The Balaban J connectivity index is 1.74. The summed E-state index contributed by atoms with van der Waals surface area (Å²) in [5.41, 5.74) is 2.73. The number of hydrogen-bond acceptors (Lipinski definition) is 4. The first-order valence-electron chi connectivity index (χ1n) is 8.82. The third-order valence-electron chi connectivity index (χ3n) is 4.28. The zero-order valence-corrected chi connectivity index (χ0v) is 16.2. The Hall–Kier alpha value is -3.19. The van der Waals surface area contributed by atoms with Crippen molar-refractivity contribution in [2.75, 3.05) is 11.3 Å². The Bertz CT molecular complexity index is 1070. The summed E-state index contributed by atoms with van der Waals surface area (Å²) in [6, 6.07) is 17.3. The molecule has 0 saturated carbocycles. The average Bonchev–Trinajstić information content (AvgIpc) is 2.70. The second-order valence-corrected chi connectivity index (χ2v) is 7.93. The molecule has 2 N–H and O–H groups in total. The van der Waals surface area contributed by atoms with Crippen molar-refractivity contribution < 1.29 is 13.2 Å². The fourth-order valence-corrected chi connectivity index (χ4v) is 4.07. The lowest BCUT2D eigenvalue weighted by atomic mass is 10.1. The molecule has 0 fully saturated rings. The van der Waals surface area contributed by atoms with Crippen LogP contribution in [0.25, 0.3) is 0 Å². The van der Waals surface area contributed by atoms with Crippen molar-refractivity contribution in [2.24, 2.45) is 0 Å². The van der Waals surface area contributed by atoms with Gasteiger partial charge in [0.05, 0.1) is 17.4 Å². The van der Waals surface area contributed by atoms with Crippen molar-refractivity contribution in [2.45, 2.75) is 18.2 Å². The predicted octanol–water partition coefficient (Wildman–Crippen LogP) is 3.16. The minimum absolute atomic E-state index is 0.0766. The first kappa shape index (κ1) is 19.6. The molecule has 6 nitrogen and oxygen atoms in total. The predicted molar refractivity (Wildman–Crippen MR) is 109 cm³/mol. The number of sulfonamides is 1. The second kappa shape index (κ2) is 8.67. The Morgan fingerprint density at radius 3 is 2.50 bits per heavy atom. The van der Waals surface area contributed by atoms with Crippen molar-refractivity contribution in [3.8, 4) is 0 Å². The number of pyridine rings is 1. The van der Waals surface area contributed by atoms with E-state index >= 15 is 0 Å². The molecule has 0 bridgehead atoms. The van der Waals surface area contributed by atoms with Crippen LogP contribution in [0.3, 0.4) is 0 Å². The number of nitrogens with zero attached hydrogens (tertiary/aromatic N) is 1. The number of amides is 1. The van der Waals surface area contributed by atoms with E-state index in [-0.39, 0.29) is 10.5 Å². The van der Waals surface area contributed by atoms with E-state index in [4.69, 9.17) is 0 Å². The molecule has 3 rings (SSSR count). The van der Waals surface area contributed by atoms with Crippen LogP contribution in [0.2, 0.25) is 0 Å². The molecule has 0 radical (unpaired) electrons. The minimum Gasteiger partial charge on any atom is -0.352 e. The highest BCUT2D eigenvalue weighted by Gasteiger charge is 2.22. The molecule has 1 aromatic heterocycles. The van der Waals surface area contributed by atoms with Gasteiger partial charge in [0.15, 0.2) is 0 Å². The van der Waals surface area contributed by atoms with Gasteiger partial charge in [-0.25, -0.2) is 8.42 Å². The van der Waals surface area contributed by atoms with Crippen LogP contribution >= 0.6 is 0 Å². The maximum Gasteiger partial charge on any atom is 0.262 e. The van der Waals surface area contributed by atoms with Gasteiger partial charge in [-0.2, -0.15) is 0 Å². The van der Waals surface area contributed by atoms with E-state index < -0.39 is 15.9 Å². The molecule has 2 aromatic carbocycles. The minimum atomic E-state index is -3.92. The molecule has 144 valence electrons. The fourth-order valence-electron chi connectivity index (χ4n) is 2.82. The topological polar surface area (TPSA) is 88.2 Å². The quantitative estimate of drug-likeness (QED) is 0.643. The molecule has 7 heteroatoms. The fraction of sp³-hybridized carbons (Fsp3) is 0.143. The van der Waals surface area contributed by atoms with E-state index in [0.29, 0.717) is 18.7 Å². The van der Waals surface area contributed by atoms with E-state index in [0.717, 1.165) is 11.1 Å². The van der Waals surface area contributed by atoms with E-state index in [1.165, 1.54) is 18.3 Å². The Labute approximate surface area is 164 Å². The number of benzene rings is 2. The van der Waals surface area contributed by atoms with Crippen LogP contribution in [0.15, 0.2) is 78.0 Å². The van der Waals surface area contributed by atoms with Gasteiger partial charge in [-0.05, 0) is 48.7 Å². The molecule has 0 aliphatic rings. The van der Waals surface area contributed by atoms with Crippen molar-refractivity contribution in [3.63, 3.8) is 0 Å². The van der Waals surface area contributed by atoms with Crippen molar-refractivity contribution in [1.29, 1.82) is 0 Å². The number of nitrogens with one attached hydrogen (secondary N) is 2. The second-order valence-electron chi connectivity index (χ2n) is 6.28. The van der Waals surface area contributed by atoms with Crippen LogP contribution in [-0.2, 0) is 16.4 Å². The van der Waals surface area contributed by atoms with Gasteiger partial charge < -0.3 is 5.32 Å². The highest BCUT2D eigenvalue weighted by molar-refractivity contribution is 7.92. The molecule has 3 aromatic rings. The Morgan fingerprint density at radius 1 is 1.00 bits per heavy atom. The van der Waals surface area contributed by atoms with Crippen molar-refractivity contribution in [1.82, 2.24) is 10.3 Å². The number of carbonyl (C=O) groups excluding carboxylic acids is 1. The van der Waals surface area contributed by atoms with Gasteiger partial charge in [0, 0.05) is 12.7 Å². The number of anilines is 1. The standard InChI is InChI=1S/C21H21N3O3S/c1-16-7-2-3-8-17(16)12-14-23-21(25)19-10-4-5-11-20(19)28(26,27)24-18-9-6-13-22-15-18/h2-11,13,15,24H,12,14H2,1H3,(H,23,25). The number of hydrogen-bond donors (Lipinski definition) is 2. The smallest absolute Gasteiger partial charge is 0.262 e. The molecular weight excluding hydrogens is 374 g/mol. The molecule has 0 aliphatic heterocycles. The first-order chi connectivity index (χ1) is 13.5. The zero-order valence-electron chi connectivity index (χ0n) is 15.4. The van der Waals surface area contributed by atoms with Crippen LogP contribution < -0.4 is 10.0 Å². The summed E-state index contributed by atoms with van der Waals surface area (Å²) in [5.74, 6) is -0.430. The summed E-state index contributed by atoms with van der Waals surface area (Å²) >= 11 is 0. The Kier molecular flexibility index (Phi) is 6.06. The van der Waals surface area contributed by atoms with Gasteiger partial charge in [0.25, 0.3) is 15.9 Å². The lowest BCUT2D eigenvalue weighted by molar-refractivity contribution is 0.0951. The SMILES string of the molecule is Cc1ccccc1CCNC(=O)c1ccccc1S(=O)(=O)Nc1cccnc1. The lowest BCUT2D eigenvalue weighted by Crippen LogP contribution is -2.28. The number of aromatic nitrogens is 1. The lowest BCUT2D eigenvalue weighted by Gasteiger charge is -2.12. The first-order valence-corrected chi connectivity index (χ1v) is 10.3. The number of rotatable bonds is 7. The van der Waals surface area contributed by atoms with Gasteiger partial charge in [0.1, 0.15) is 4.90 Å². The molecule has 0 aliphatic carbocycles.